The molecule has 4 aromatic rings. The number of aromatic nitrogens is 1. The van der Waals surface area contributed by atoms with Crippen LogP contribution in [0.3, 0.4) is 0 Å². The second-order valence-electron chi connectivity index (χ2n) is 8.16. The van der Waals surface area contributed by atoms with Crippen molar-refractivity contribution < 1.29 is 28.0 Å². The topological polar surface area (TPSA) is 121 Å². The molecule has 2 N–H and O–H groups in total. The second kappa shape index (κ2) is 8.41. The smallest absolute Gasteiger partial charge is 0.378 e. The van der Waals surface area contributed by atoms with E-state index in [2.05, 4.69) is 5.32 Å². The van der Waals surface area contributed by atoms with Crippen molar-refractivity contribution in [1.82, 2.24) is 4.57 Å². The molecule has 1 heterocycles. The molecule has 1 aromatic heterocycles. The maximum Gasteiger partial charge on any atom is 0.417 e. The van der Waals surface area contributed by atoms with Crippen LogP contribution in [-0.2, 0) is 17.5 Å². The molecule has 0 spiro atoms. The molecule has 0 saturated heterocycles. The van der Waals surface area contributed by atoms with Crippen molar-refractivity contribution in [3.63, 3.8) is 0 Å². The van der Waals surface area contributed by atoms with Gasteiger partial charge in [-0.15, -0.1) is 0 Å². The highest BCUT2D eigenvalue weighted by atomic mass is 19.4. The van der Waals surface area contributed by atoms with Crippen LogP contribution >= 0.6 is 0 Å². The number of non-ortho nitro benzene ring substituents is 1. The van der Waals surface area contributed by atoms with Gasteiger partial charge in [0.2, 0.25) is 0 Å². The minimum atomic E-state index is -4.81. The van der Waals surface area contributed by atoms with Crippen molar-refractivity contribution in [3.8, 4) is 6.07 Å². The maximum absolute atomic E-state index is 13.3. The monoisotopic (exact) mass is 482 g/mol. The Morgan fingerprint density at radius 1 is 1.11 bits per heavy atom. The Kier molecular flexibility index (Phi) is 5.70. The van der Waals surface area contributed by atoms with E-state index in [-0.39, 0.29) is 17.9 Å². The number of fused-ring (bicyclic) bond motifs is 3. The third-order valence-corrected chi connectivity index (χ3v) is 5.63. The molecule has 178 valence electrons. The number of para-hydroxylation sites is 1. The molecule has 0 saturated carbocycles. The number of nitrogens with zero attached hydrogens (tertiary/aromatic N) is 3. The van der Waals surface area contributed by atoms with Crippen LogP contribution < -0.4 is 5.32 Å². The average Bonchev–Trinajstić information content (AvgIpc) is 3.11. The number of halogens is 3. The first kappa shape index (κ1) is 23.7. The van der Waals surface area contributed by atoms with Gasteiger partial charge in [0.1, 0.15) is 0 Å². The molecule has 8 nitrogen and oxygen atoms in total. The first-order chi connectivity index (χ1) is 16.4. The van der Waals surface area contributed by atoms with E-state index in [1.165, 1.54) is 31.2 Å². The number of anilines is 1. The molecule has 1 atom stereocenters. The van der Waals surface area contributed by atoms with Crippen molar-refractivity contribution in [3.05, 3.63) is 81.9 Å². The van der Waals surface area contributed by atoms with E-state index in [9.17, 15) is 33.2 Å². The normalized spacial score (nSPS) is 13.4. The highest BCUT2D eigenvalue weighted by molar-refractivity contribution is 6.09. The minimum Gasteiger partial charge on any atom is -0.378 e. The molecular formula is C24H17F3N4O4. The molecule has 0 bridgehead atoms. The van der Waals surface area contributed by atoms with Gasteiger partial charge < -0.3 is 15.0 Å². The summed E-state index contributed by atoms with van der Waals surface area (Å²) in [7, 11) is 0. The molecule has 3 aromatic carbocycles. The van der Waals surface area contributed by atoms with Crippen LogP contribution in [0.4, 0.5) is 24.5 Å². The summed E-state index contributed by atoms with van der Waals surface area (Å²) >= 11 is 0. The molecule has 11 heteroatoms. The number of carbonyl (C=O) groups is 1. The van der Waals surface area contributed by atoms with Crippen LogP contribution in [0.5, 0.6) is 0 Å². The van der Waals surface area contributed by atoms with E-state index in [1.807, 2.05) is 0 Å². The highest BCUT2D eigenvalue weighted by Gasteiger charge is 2.36. The lowest BCUT2D eigenvalue weighted by molar-refractivity contribution is -0.384. The Morgan fingerprint density at radius 2 is 1.80 bits per heavy atom. The molecule has 0 aliphatic rings. The largest absolute Gasteiger partial charge is 0.417 e. The Labute approximate surface area is 196 Å². The van der Waals surface area contributed by atoms with Crippen molar-refractivity contribution in [1.29, 1.82) is 5.26 Å². The van der Waals surface area contributed by atoms with Gasteiger partial charge in [-0.05, 0) is 37.3 Å². The quantitative estimate of drug-likeness (QED) is 0.307. The van der Waals surface area contributed by atoms with E-state index >= 15 is 0 Å². The molecule has 1 amide bonds. The summed E-state index contributed by atoms with van der Waals surface area (Å²) < 4.78 is 41.4. The number of aliphatic hydroxyl groups is 1. The Balaban J connectivity index is 1.70. The van der Waals surface area contributed by atoms with Gasteiger partial charge in [-0.3, -0.25) is 14.9 Å². The molecular weight excluding hydrogens is 465 g/mol. The molecule has 0 fully saturated rings. The molecule has 35 heavy (non-hydrogen) atoms. The van der Waals surface area contributed by atoms with E-state index in [4.69, 9.17) is 5.26 Å². The highest BCUT2D eigenvalue weighted by Crippen LogP contribution is 2.35. The maximum atomic E-state index is 13.3. The lowest BCUT2D eigenvalue weighted by atomic mass is 10.0. The zero-order chi connectivity index (χ0) is 25.5. The van der Waals surface area contributed by atoms with Gasteiger partial charge in [0.15, 0.2) is 5.60 Å². The summed E-state index contributed by atoms with van der Waals surface area (Å²) in [5.41, 5.74) is -3.10. The minimum absolute atomic E-state index is 0.119. The first-order valence-corrected chi connectivity index (χ1v) is 10.2. The van der Waals surface area contributed by atoms with Gasteiger partial charge in [0, 0.05) is 39.6 Å². The fourth-order valence-corrected chi connectivity index (χ4v) is 3.93. The summed E-state index contributed by atoms with van der Waals surface area (Å²) in [4.78, 5) is 23.6. The van der Waals surface area contributed by atoms with Crippen molar-refractivity contribution in [2.75, 3.05) is 5.32 Å². The van der Waals surface area contributed by atoms with Gasteiger partial charge in [0.05, 0.1) is 28.7 Å². The third-order valence-electron chi connectivity index (χ3n) is 5.63. The number of nitrogens with one attached hydrogen (secondary N) is 1. The number of nitriles is 1. The van der Waals surface area contributed by atoms with Gasteiger partial charge in [-0.2, -0.15) is 18.4 Å². The summed E-state index contributed by atoms with van der Waals surface area (Å²) in [6, 6.07) is 15.4. The Morgan fingerprint density at radius 3 is 2.46 bits per heavy atom. The third kappa shape index (κ3) is 4.39. The number of carbonyl (C=O) groups excluding carboxylic acids is 1. The summed E-state index contributed by atoms with van der Waals surface area (Å²) in [6.45, 7) is 0.922. The standard InChI is InChI=1S/C24H17F3N4O4/c1-23(33,22(32)29-15-7-6-14(12-28)19(10-15)24(25,26)27)13-30-20-5-3-2-4-17(20)18-11-16(31(34)35)8-9-21(18)30/h2-11,33H,13H2,1H3,(H,29,32)/t23-/m0/s1. The fourth-order valence-electron chi connectivity index (χ4n) is 3.93. The molecule has 0 radical (unpaired) electrons. The number of alkyl halides is 3. The van der Waals surface area contributed by atoms with Crippen LogP contribution in [-0.4, -0.2) is 26.1 Å². The SMILES string of the molecule is C[C@](O)(Cn1c2ccccc2c2cc([N+](=O)[O-])ccc21)C(=O)Nc1ccc(C#N)c(C(F)(F)F)c1. The van der Waals surface area contributed by atoms with E-state index in [1.54, 1.807) is 28.8 Å². The lowest BCUT2D eigenvalue weighted by Crippen LogP contribution is -2.43. The Bertz CT molecular complexity index is 1530. The van der Waals surface area contributed by atoms with Gasteiger partial charge >= 0.3 is 6.18 Å². The first-order valence-electron chi connectivity index (χ1n) is 10.2. The summed E-state index contributed by atoms with van der Waals surface area (Å²) in [5.74, 6) is -0.969. The van der Waals surface area contributed by atoms with Crippen molar-refractivity contribution in [2.24, 2.45) is 0 Å². The van der Waals surface area contributed by atoms with Crippen molar-refractivity contribution in [2.45, 2.75) is 25.2 Å². The van der Waals surface area contributed by atoms with Gasteiger partial charge in [-0.1, -0.05) is 18.2 Å². The van der Waals surface area contributed by atoms with Crippen LogP contribution in [0.15, 0.2) is 60.7 Å². The molecule has 0 unspecified atom stereocenters. The fraction of sp³-hybridized carbons (Fsp3) is 0.167. The van der Waals surface area contributed by atoms with Crippen LogP contribution in [0.1, 0.15) is 18.1 Å². The number of hydrogen-bond acceptors (Lipinski definition) is 5. The van der Waals surface area contributed by atoms with Gasteiger partial charge in [0.25, 0.3) is 11.6 Å². The average molecular weight is 482 g/mol. The van der Waals surface area contributed by atoms with E-state index in [0.29, 0.717) is 27.9 Å². The molecule has 0 aliphatic carbocycles. The molecule has 0 aliphatic heterocycles. The predicted molar refractivity (Wildman–Crippen MR) is 122 cm³/mol. The number of rotatable bonds is 5. The Hall–Kier alpha value is -4.43. The predicted octanol–water partition coefficient (Wildman–Crippen LogP) is 4.98. The van der Waals surface area contributed by atoms with Crippen LogP contribution in [0.2, 0.25) is 0 Å². The lowest BCUT2D eigenvalue weighted by Gasteiger charge is -2.24. The number of nitro benzene ring substituents is 1. The van der Waals surface area contributed by atoms with E-state index < -0.39 is 33.7 Å². The van der Waals surface area contributed by atoms with Gasteiger partial charge in [-0.25, -0.2) is 0 Å². The van der Waals surface area contributed by atoms with Crippen LogP contribution in [0, 0.1) is 21.4 Å². The summed E-state index contributed by atoms with van der Waals surface area (Å²) in [5, 5.41) is 34.6. The second-order valence-corrected chi connectivity index (χ2v) is 8.16. The zero-order valence-corrected chi connectivity index (χ0v) is 18.1. The zero-order valence-electron chi connectivity index (χ0n) is 18.1. The molecule has 4 rings (SSSR count). The van der Waals surface area contributed by atoms with Crippen molar-refractivity contribution >= 4 is 39.1 Å². The van der Waals surface area contributed by atoms with Crippen LogP contribution in [0.25, 0.3) is 21.8 Å². The van der Waals surface area contributed by atoms with E-state index in [0.717, 1.165) is 12.1 Å². The number of amides is 1. The number of nitro groups is 1. The summed E-state index contributed by atoms with van der Waals surface area (Å²) in [6.07, 6.45) is -4.81. The number of hydrogen-bond donors (Lipinski definition) is 2. The number of benzene rings is 3.